The number of rotatable bonds is 5. The van der Waals surface area contributed by atoms with E-state index in [1.54, 1.807) is 0 Å². The summed E-state index contributed by atoms with van der Waals surface area (Å²) in [6.45, 7) is 2.49. The van der Waals surface area contributed by atoms with Crippen LogP contribution in [0, 0.1) is 5.92 Å². The van der Waals surface area contributed by atoms with E-state index in [9.17, 15) is 13.2 Å². The van der Waals surface area contributed by atoms with Crippen LogP contribution in [0.1, 0.15) is 12.8 Å². The average molecular weight is 455 g/mol. The van der Waals surface area contributed by atoms with Gasteiger partial charge in [0.15, 0.2) is 5.13 Å². The monoisotopic (exact) mass is 454 g/mol. The lowest BCUT2D eigenvalue weighted by Gasteiger charge is -2.45. The van der Waals surface area contributed by atoms with Gasteiger partial charge in [0, 0.05) is 54.1 Å². The number of anilines is 1. The summed E-state index contributed by atoms with van der Waals surface area (Å²) in [7, 11) is -3.11. The summed E-state index contributed by atoms with van der Waals surface area (Å²) in [6, 6.07) is 7.85. The summed E-state index contributed by atoms with van der Waals surface area (Å²) < 4.78 is 24.7. The third-order valence-electron chi connectivity index (χ3n) is 5.63. The van der Waals surface area contributed by atoms with Crippen molar-refractivity contribution in [3.05, 3.63) is 34.7 Å². The molecular formula is C19H23ClN4O3S2. The van der Waals surface area contributed by atoms with Gasteiger partial charge in [0.2, 0.25) is 15.9 Å². The number of nitrogens with zero attached hydrogens (tertiary/aromatic N) is 3. The molecule has 1 saturated carbocycles. The Labute approximate surface area is 179 Å². The number of aromatic nitrogens is 1. The van der Waals surface area contributed by atoms with Crippen molar-refractivity contribution in [2.75, 3.05) is 37.8 Å². The summed E-state index contributed by atoms with van der Waals surface area (Å²) in [6.07, 6.45) is 2.85. The maximum atomic E-state index is 12.5. The minimum atomic E-state index is -3.11. The van der Waals surface area contributed by atoms with Crippen molar-refractivity contribution in [1.82, 2.24) is 14.2 Å². The first kappa shape index (κ1) is 20.7. The smallest absolute Gasteiger partial charge is 0.229 e. The SMILES string of the molecule is CS(=O)(=O)N1CCN(C2CC(C(=O)Nc3nc(-c4ccccc4Cl)cs3)C2)CC1. The maximum Gasteiger partial charge on any atom is 0.229 e. The molecule has 0 radical (unpaired) electrons. The molecule has 1 aromatic heterocycles. The molecule has 1 aromatic carbocycles. The summed E-state index contributed by atoms with van der Waals surface area (Å²) in [5.74, 6) is -0.0309. The number of sulfonamides is 1. The highest BCUT2D eigenvalue weighted by molar-refractivity contribution is 7.88. The first-order valence-electron chi connectivity index (χ1n) is 9.52. The Balaban J connectivity index is 1.27. The fourth-order valence-electron chi connectivity index (χ4n) is 3.83. The molecule has 1 saturated heterocycles. The van der Waals surface area contributed by atoms with Crippen molar-refractivity contribution in [2.45, 2.75) is 18.9 Å². The van der Waals surface area contributed by atoms with Gasteiger partial charge in [-0.15, -0.1) is 11.3 Å². The number of carbonyl (C=O) groups excluding carboxylic acids is 1. The number of carbonyl (C=O) groups is 1. The molecule has 2 heterocycles. The van der Waals surface area contributed by atoms with E-state index in [1.165, 1.54) is 21.9 Å². The zero-order valence-electron chi connectivity index (χ0n) is 16.0. The zero-order chi connectivity index (χ0) is 20.6. The van der Waals surface area contributed by atoms with E-state index in [-0.39, 0.29) is 11.8 Å². The van der Waals surface area contributed by atoms with Gasteiger partial charge in [0.05, 0.1) is 11.9 Å². The molecule has 0 spiro atoms. The predicted molar refractivity (Wildman–Crippen MR) is 116 cm³/mol. The molecule has 7 nitrogen and oxygen atoms in total. The Hall–Kier alpha value is -1.52. The molecule has 0 unspecified atom stereocenters. The lowest BCUT2D eigenvalue weighted by Crippen LogP contribution is -2.56. The standard InChI is InChI=1S/C19H23ClN4O3S2/c1-29(26,27)24-8-6-23(7-9-24)14-10-13(11-14)18(25)22-19-21-17(12-28-19)15-4-2-3-5-16(15)20/h2-5,12-14H,6-11H2,1H3,(H,21,22,25). The molecular weight excluding hydrogens is 432 g/mol. The molecule has 0 atom stereocenters. The quantitative estimate of drug-likeness (QED) is 0.751. The maximum absolute atomic E-state index is 12.5. The highest BCUT2D eigenvalue weighted by atomic mass is 35.5. The minimum absolute atomic E-state index is 0.00363. The highest BCUT2D eigenvalue weighted by Gasteiger charge is 2.39. The van der Waals surface area contributed by atoms with Crippen molar-refractivity contribution in [1.29, 1.82) is 0 Å². The molecule has 1 aliphatic carbocycles. The summed E-state index contributed by atoms with van der Waals surface area (Å²) >= 11 is 7.61. The Morgan fingerprint density at radius 2 is 1.90 bits per heavy atom. The molecule has 10 heteroatoms. The van der Waals surface area contributed by atoms with Crippen molar-refractivity contribution in [2.24, 2.45) is 5.92 Å². The molecule has 1 amide bonds. The normalized spacial score (nSPS) is 23.5. The molecule has 156 valence electrons. The Morgan fingerprint density at radius 3 is 2.55 bits per heavy atom. The average Bonchev–Trinajstić information content (AvgIpc) is 3.08. The number of hydrogen-bond donors (Lipinski definition) is 1. The Morgan fingerprint density at radius 1 is 1.21 bits per heavy atom. The van der Waals surface area contributed by atoms with Gasteiger partial charge in [-0.05, 0) is 18.9 Å². The molecule has 4 rings (SSSR count). The van der Waals surface area contributed by atoms with Gasteiger partial charge in [-0.1, -0.05) is 29.8 Å². The van der Waals surface area contributed by atoms with Crippen LogP contribution in [0.4, 0.5) is 5.13 Å². The Kier molecular flexibility index (Phi) is 5.94. The van der Waals surface area contributed by atoms with E-state index in [0.29, 0.717) is 29.3 Å². The van der Waals surface area contributed by atoms with Crippen LogP contribution < -0.4 is 5.32 Å². The van der Waals surface area contributed by atoms with Crippen LogP contribution in [0.15, 0.2) is 29.6 Å². The van der Waals surface area contributed by atoms with Crippen LogP contribution in [-0.2, 0) is 14.8 Å². The van der Waals surface area contributed by atoms with Gasteiger partial charge in [0.1, 0.15) is 0 Å². The first-order valence-corrected chi connectivity index (χ1v) is 12.6. The van der Waals surface area contributed by atoms with Crippen LogP contribution in [0.3, 0.4) is 0 Å². The molecule has 2 fully saturated rings. The van der Waals surface area contributed by atoms with E-state index >= 15 is 0 Å². The number of hydrogen-bond acceptors (Lipinski definition) is 6. The predicted octanol–water partition coefficient (Wildman–Crippen LogP) is 2.76. The van der Waals surface area contributed by atoms with Gasteiger partial charge >= 0.3 is 0 Å². The number of piperazine rings is 1. The van der Waals surface area contributed by atoms with E-state index in [1.807, 2.05) is 29.6 Å². The van der Waals surface area contributed by atoms with Gasteiger partial charge in [0.25, 0.3) is 0 Å². The summed E-state index contributed by atoms with van der Waals surface area (Å²) in [5, 5.41) is 6.03. The summed E-state index contributed by atoms with van der Waals surface area (Å²) in [4.78, 5) is 19.3. The van der Waals surface area contributed by atoms with E-state index in [0.717, 1.165) is 37.2 Å². The first-order chi connectivity index (χ1) is 13.8. The molecule has 2 aliphatic rings. The second kappa shape index (κ2) is 8.31. The van der Waals surface area contributed by atoms with E-state index in [2.05, 4.69) is 15.2 Å². The second-order valence-electron chi connectivity index (χ2n) is 7.53. The van der Waals surface area contributed by atoms with Crippen LogP contribution >= 0.6 is 22.9 Å². The number of benzene rings is 1. The molecule has 2 aromatic rings. The van der Waals surface area contributed by atoms with Crippen LogP contribution in [0.25, 0.3) is 11.3 Å². The van der Waals surface area contributed by atoms with E-state index < -0.39 is 10.0 Å². The molecule has 29 heavy (non-hydrogen) atoms. The van der Waals surface area contributed by atoms with E-state index in [4.69, 9.17) is 11.6 Å². The lowest BCUT2D eigenvalue weighted by molar-refractivity contribution is -0.124. The number of thiazole rings is 1. The topological polar surface area (TPSA) is 82.6 Å². The highest BCUT2D eigenvalue weighted by Crippen LogP contribution is 2.35. The number of halogens is 1. The lowest BCUT2D eigenvalue weighted by atomic mass is 9.78. The van der Waals surface area contributed by atoms with Gasteiger partial charge in [-0.3, -0.25) is 9.69 Å². The second-order valence-corrected chi connectivity index (χ2v) is 10.8. The molecule has 0 bridgehead atoms. The zero-order valence-corrected chi connectivity index (χ0v) is 18.4. The summed E-state index contributed by atoms with van der Waals surface area (Å²) in [5.41, 5.74) is 1.61. The van der Waals surface area contributed by atoms with Crippen LogP contribution in [-0.4, -0.2) is 67.0 Å². The fraction of sp³-hybridized carbons (Fsp3) is 0.474. The van der Waals surface area contributed by atoms with Crippen LogP contribution in [0.2, 0.25) is 5.02 Å². The number of amides is 1. The van der Waals surface area contributed by atoms with Crippen molar-refractivity contribution < 1.29 is 13.2 Å². The van der Waals surface area contributed by atoms with Crippen molar-refractivity contribution in [3.8, 4) is 11.3 Å². The minimum Gasteiger partial charge on any atom is -0.302 e. The van der Waals surface area contributed by atoms with Crippen LogP contribution in [0.5, 0.6) is 0 Å². The van der Waals surface area contributed by atoms with Gasteiger partial charge in [-0.2, -0.15) is 4.31 Å². The Bertz CT molecular complexity index is 996. The molecule has 1 aliphatic heterocycles. The third kappa shape index (κ3) is 4.64. The third-order valence-corrected chi connectivity index (χ3v) is 8.02. The molecule has 1 N–H and O–H groups in total. The van der Waals surface area contributed by atoms with Gasteiger partial charge in [-0.25, -0.2) is 13.4 Å². The van der Waals surface area contributed by atoms with Crippen molar-refractivity contribution in [3.63, 3.8) is 0 Å². The largest absolute Gasteiger partial charge is 0.302 e. The fourth-order valence-corrected chi connectivity index (χ4v) is 5.60. The van der Waals surface area contributed by atoms with Crippen molar-refractivity contribution >= 4 is 44.0 Å². The van der Waals surface area contributed by atoms with Gasteiger partial charge < -0.3 is 5.32 Å². The number of nitrogens with one attached hydrogen (secondary N) is 1.